The van der Waals surface area contributed by atoms with Crippen molar-refractivity contribution in [2.45, 2.75) is 96.1 Å². The SMILES string of the molecule is [NH]C(=O)CCCCCCCCCCCCCCC(F)(F)F. The third-order valence-electron chi connectivity index (χ3n) is 3.61. The summed E-state index contributed by atoms with van der Waals surface area (Å²) in [6.07, 6.45) is 7.53. The minimum atomic E-state index is -3.99. The quantitative estimate of drug-likeness (QED) is 0.373. The number of carbonyl (C=O) groups is 1. The van der Waals surface area contributed by atoms with E-state index in [4.69, 9.17) is 5.73 Å². The smallest absolute Gasteiger partial charge is 0.273 e. The number of halogens is 3. The first kappa shape index (κ1) is 20.3. The van der Waals surface area contributed by atoms with Gasteiger partial charge in [0.1, 0.15) is 0 Å². The second-order valence-electron chi connectivity index (χ2n) is 5.78. The number of amides is 1. The highest BCUT2D eigenvalue weighted by Gasteiger charge is 2.25. The Hall–Kier alpha value is -0.740. The van der Waals surface area contributed by atoms with Gasteiger partial charge in [0, 0.05) is 12.8 Å². The van der Waals surface area contributed by atoms with Gasteiger partial charge >= 0.3 is 6.18 Å². The van der Waals surface area contributed by atoms with Crippen molar-refractivity contribution < 1.29 is 18.0 Å². The van der Waals surface area contributed by atoms with E-state index >= 15 is 0 Å². The number of rotatable bonds is 14. The van der Waals surface area contributed by atoms with Crippen LogP contribution in [0.15, 0.2) is 0 Å². The zero-order chi connectivity index (χ0) is 16.0. The van der Waals surface area contributed by atoms with Crippen LogP contribution in [0.3, 0.4) is 0 Å². The molecule has 21 heavy (non-hydrogen) atoms. The molecular weight excluding hydrogens is 279 g/mol. The lowest BCUT2D eigenvalue weighted by Gasteiger charge is -2.05. The fraction of sp³-hybridized carbons (Fsp3) is 0.938. The van der Waals surface area contributed by atoms with Crippen molar-refractivity contribution in [3.05, 3.63) is 0 Å². The van der Waals surface area contributed by atoms with Gasteiger partial charge in [0.05, 0.1) is 0 Å². The Morgan fingerprint density at radius 2 is 1.00 bits per heavy atom. The second kappa shape index (κ2) is 13.0. The summed E-state index contributed by atoms with van der Waals surface area (Å²) in [5.41, 5.74) is 6.77. The van der Waals surface area contributed by atoms with E-state index in [0.29, 0.717) is 12.8 Å². The van der Waals surface area contributed by atoms with Crippen LogP contribution in [0.5, 0.6) is 0 Å². The molecule has 5 heteroatoms. The third-order valence-corrected chi connectivity index (χ3v) is 3.61. The highest BCUT2D eigenvalue weighted by Crippen LogP contribution is 2.23. The molecule has 0 bridgehead atoms. The molecule has 0 fully saturated rings. The van der Waals surface area contributed by atoms with Crippen LogP contribution in [0.2, 0.25) is 0 Å². The van der Waals surface area contributed by atoms with Gasteiger partial charge in [0.2, 0.25) is 5.91 Å². The van der Waals surface area contributed by atoms with E-state index in [1.807, 2.05) is 0 Å². The Morgan fingerprint density at radius 1 is 0.667 bits per heavy atom. The lowest BCUT2D eigenvalue weighted by atomic mass is 10.0. The summed E-state index contributed by atoms with van der Waals surface area (Å²) in [6, 6.07) is 0. The van der Waals surface area contributed by atoms with Gasteiger partial charge in [-0.15, -0.1) is 0 Å². The van der Waals surface area contributed by atoms with Crippen LogP contribution in [0.25, 0.3) is 0 Å². The van der Waals surface area contributed by atoms with Crippen molar-refractivity contribution in [2.75, 3.05) is 0 Å². The first-order valence-electron chi connectivity index (χ1n) is 8.23. The first-order valence-corrected chi connectivity index (χ1v) is 8.23. The molecule has 1 N–H and O–H groups in total. The molecule has 0 atom stereocenters. The Kier molecular flexibility index (Phi) is 12.5. The van der Waals surface area contributed by atoms with Crippen molar-refractivity contribution in [3.8, 4) is 0 Å². The number of nitrogens with one attached hydrogen (secondary N) is 1. The molecule has 0 aliphatic carbocycles. The molecule has 1 radical (unpaired) electrons. The normalized spacial score (nSPS) is 11.8. The monoisotopic (exact) mass is 308 g/mol. The predicted octanol–water partition coefficient (Wildman–Crippen LogP) is 5.82. The van der Waals surface area contributed by atoms with Crippen LogP contribution < -0.4 is 5.73 Å². The summed E-state index contributed by atoms with van der Waals surface area (Å²) < 4.78 is 35.7. The fourth-order valence-electron chi connectivity index (χ4n) is 2.38. The van der Waals surface area contributed by atoms with Gasteiger partial charge in [0.15, 0.2) is 0 Å². The largest absolute Gasteiger partial charge is 0.389 e. The molecule has 0 unspecified atom stereocenters. The van der Waals surface area contributed by atoms with E-state index in [1.54, 1.807) is 0 Å². The highest BCUT2D eigenvalue weighted by atomic mass is 19.4. The van der Waals surface area contributed by atoms with Crippen molar-refractivity contribution in [3.63, 3.8) is 0 Å². The maximum atomic E-state index is 11.9. The minimum Gasteiger partial charge on any atom is -0.273 e. The van der Waals surface area contributed by atoms with Crippen LogP contribution in [0, 0.1) is 0 Å². The van der Waals surface area contributed by atoms with Gasteiger partial charge in [-0.25, -0.2) is 0 Å². The van der Waals surface area contributed by atoms with Gasteiger partial charge in [-0.3, -0.25) is 10.5 Å². The molecule has 0 aromatic rings. The molecule has 1 amide bonds. The predicted molar refractivity (Wildman–Crippen MR) is 78.8 cm³/mol. The van der Waals surface area contributed by atoms with Gasteiger partial charge in [-0.1, -0.05) is 64.2 Å². The number of alkyl halides is 3. The zero-order valence-corrected chi connectivity index (χ0v) is 12.9. The summed E-state index contributed by atoms with van der Waals surface area (Å²) in [5, 5.41) is 0. The van der Waals surface area contributed by atoms with E-state index in [-0.39, 0.29) is 6.42 Å². The molecule has 0 spiro atoms. The molecule has 0 aliphatic heterocycles. The Bertz CT molecular complexity index is 254. The van der Waals surface area contributed by atoms with Crippen LogP contribution in [0.1, 0.15) is 89.9 Å². The van der Waals surface area contributed by atoms with Gasteiger partial charge < -0.3 is 0 Å². The number of carbonyl (C=O) groups excluding carboxylic acids is 1. The Balaban J connectivity index is 3.04. The first-order chi connectivity index (χ1) is 9.92. The lowest BCUT2D eigenvalue weighted by Crippen LogP contribution is -2.06. The molecule has 0 aromatic heterocycles. The topological polar surface area (TPSA) is 40.9 Å². The summed E-state index contributed by atoms with van der Waals surface area (Å²) >= 11 is 0. The molecular formula is C16H29F3NO. The molecule has 0 heterocycles. The van der Waals surface area contributed by atoms with Crippen molar-refractivity contribution >= 4 is 5.91 Å². The van der Waals surface area contributed by atoms with E-state index in [9.17, 15) is 18.0 Å². The Labute approximate surface area is 126 Å². The van der Waals surface area contributed by atoms with Crippen molar-refractivity contribution in [1.29, 1.82) is 0 Å². The minimum absolute atomic E-state index is 0.268. The highest BCUT2D eigenvalue weighted by molar-refractivity contribution is 5.72. The summed E-state index contributed by atoms with van der Waals surface area (Å²) in [6.45, 7) is 0. The number of unbranched alkanes of at least 4 members (excludes halogenated alkanes) is 11. The summed E-state index contributed by atoms with van der Waals surface area (Å²) in [4.78, 5) is 10.4. The average Bonchev–Trinajstić information content (AvgIpc) is 2.37. The third kappa shape index (κ3) is 19.3. The van der Waals surface area contributed by atoms with E-state index in [1.165, 1.54) is 25.7 Å². The summed E-state index contributed by atoms with van der Waals surface area (Å²) in [5.74, 6) is -0.467. The molecule has 0 aromatic carbocycles. The number of hydrogen-bond donors (Lipinski definition) is 0. The van der Waals surface area contributed by atoms with Crippen molar-refractivity contribution in [1.82, 2.24) is 5.73 Å². The molecule has 2 nitrogen and oxygen atoms in total. The number of hydrogen-bond acceptors (Lipinski definition) is 1. The second-order valence-corrected chi connectivity index (χ2v) is 5.78. The van der Waals surface area contributed by atoms with Gasteiger partial charge in [-0.05, 0) is 12.8 Å². The maximum absolute atomic E-state index is 11.9. The maximum Gasteiger partial charge on any atom is 0.389 e. The molecule has 125 valence electrons. The van der Waals surface area contributed by atoms with Crippen LogP contribution in [-0.2, 0) is 4.79 Å². The zero-order valence-electron chi connectivity index (χ0n) is 12.9. The van der Waals surface area contributed by atoms with Gasteiger partial charge in [-0.2, -0.15) is 13.2 Å². The van der Waals surface area contributed by atoms with E-state index in [2.05, 4.69) is 0 Å². The van der Waals surface area contributed by atoms with Crippen LogP contribution in [0.4, 0.5) is 13.2 Å². The average molecular weight is 308 g/mol. The molecule has 0 saturated carbocycles. The van der Waals surface area contributed by atoms with Crippen LogP contribution in [-0.4, -0.2) is 12.1 Å². The lowest BCUT2D eigenvalue weighted by molar-refractivity contribution is -0.135. The standard InChI is InChI=1S/C16H29F3NO/c17-16(18,19)14-12-10-8-6-4-2-1-3-5-7-9-11-13-15(20)21/h20H,1-14H2. The van der Waals surface area contributed by atoms with E-state index < -0.39 is 18.5 Å². The van der Waals surface area contributed by atoms with Crippen molar-refractivity contribution in [2.24, 2.45) is 0 Å². The van der Waals surface area contributed by atoms with Gasteiger partial charge in [0.25, 0.3) is 0 Å². The van der Waals surface area contributed by atoms with E-state index in [0.717, 1.165) is 38.5 Å². The fourth-order valence-corrected chi connectivity index (χ4v) is 2.38. The Morgan fingerprint density at radius 3 is 1.33 bits per heavy atom. The summed E-state index contributed by atoms with van der Waals surface area (Å²) in [7, 11) is 0. The molecule has 0 rings (SSSR count). The molecule has 0 aliphatic rings. The molecule has 0 saturated heterocycles. The van der Waals surface area contributed by atoms with Crippen LogP contribution >= 0.6 is 0 Å².